The van der Waals surface area contributed by atoms with E-state index < -0.39 is 0 Å². The Morgan fingerprint density at radius 1 is 1.55 bits per heavy atom. The molecule has 3 atom stereocenters. The summed E-state index contributed by atoms with van der Waals surface area (Å²) in [6.45, 7) is 7.06. The molecule has 11 heavy (non-hydrogen) atoms. The fourth-order valence-corrected chi connectivity index (χ4v) is 3.41. The van der Waals surface area contributed by atoms with E-state index in [4.69, 9.17) is 0 Å². The molecule has 0 amide bonds. The summed E-state index contributed by atoms with van der Waals surface area (Å²) >= 11 is 0. The summed E-state index contributed by atoms with van der Waals surface area (Å²) in [6.07, 6.45) is 2.87. The molecule has 2 aliphatic rings. The van der Waals surface area contributed by atoms with Gasteiger partial charge in [-0.25, -0.2) is 0 Å². The Bertz CT molecular complexity index is 176. The maximum Gasteiger partial charge on any atom is 0.0190 e. The SMILES string of the molecule is CCC12CC1N(C)C2C(C)C. The highest BCUT2D eigenvalue weighted by Gasteiger charge is 2.70. The van der Waals surface area contributed by atoms with E-state index in [0.29, 0.717) is 0 Å². The lowest BCUT2D eigenvalue weighted by molar-refractivity contribution is 0.00247. The molecule has 0 spiro atoms. The van der Waals surface area contributed by atoms with Gasteiger partial charge in [-0.3, -0.25) is 4.90 Å². The average Bonchev–Trinajstić information content (AvgIpc) is 2.57. The van der Waals surface area contributed by atoms with E-state index in [-0.39, 0.29) is 0 Å². The van der Waals surface area contributed by atoms with Crippen LogP contribution in [-0.2, 0) is 0 Å². The lowest BCUT2D eigenvalue weighted by Gasteiger charge is -2.48. The van der Waals surface area contributed by atoms with E-state index in [1.807, 2.05) is 0 Å². The van der Waals surface area contributed by atoms with Crippen molar-refractivity contribution in [3.05, 3.63) is 0 Å². The van der Waals surface area contributed by atoms with Crippen LogP contribution in [0.15, 0.2) is 0 Å². The first-order chi connectivity index (χ1) is 5.13. The summed E-state index contributed by atoms with van der Waals surface area (Å²) in [4.78, 5) is 2.58. The quantitative estimate of drug-likeness (QED) is 0.587. The van der Waals surface area contributed by atoms with E-state index in [2.05, 4.69) is 32.7 Å². The Labute approximate surface area is 69.8 Å². The molecule has 1 heteroatoms. The van der Waals surface area contributed by atoms with Crippen molar-refractivity contribution in [2.75, 3.05) is 7.05 Å². The van der Waals surface area contributed by atoms with E-state index in [9.17, 15) is 0 Å². The van der Waals surface area contributed by atoms with Crippen molar-refractivity contribution < 1.29 is 0 Å². The Morgan fingerprint density at radius 3 is 2.45 bits per heavy atom. The summed E-state index contributed by atoms with van der Waals surface area (Å²) < 4.78 is 0. The van der Waals surface area contributed by atoms with Crippen LogP contribution in [-0.4, -0.2) is 24.0 Å². The Morgan fingerprint density at radius 2 is 2.18 bits per heavy atom. The molecule has 1 saturated carbocycles. The van der Waals surface area contributed by atoms with Crippen molar-refractivity contribution in [3.8, 4) is 0 Å². The normalized spacial score (nSPS) is 48.8. The molecule has 3 unspecified atom stereocenters. The van der Waals surface area contributed by atoms with Gasteiger partial charge in [-0.15, -0.1) is 0 Å². The number of rotatable bonds is 2. The minimum absolute atomic E-state index is 0.767. The second-order valence-corrected chi connectivity index (χ2v) is 4.66. The average molecular weight is 153 g/mol. The Kier molecular flexibility index (Phi) is 1.39. The summed E-state index contributed by atoms with van der Waals surface area (Å²) in [5, 5.41) is 0. The van der Waals surface area contributed by atoms with Crippen LogP contribution < -0.4 is 0 Å². The summed E-state index contributed by atoms with van der Waals surface area (Å²) in [6, 6.07) is 1.84. The van der Waals surface area contributed by atoms with Crippen LogP contribution in [0.5, 0.6) is 0 Å². The molecule has 1 nitrogen and oxygen atoms in total. The minimum Gasteiger partial charge on any atom is -0.299 e. The van der Waals surface area contributed by atoms with Crippen molar-refractivity contribution in [3.63, 3.8) is 0 Å². The molecule has 0 aromatic rings. The highest BCUT2D eigenvalue weighted by molar-refractivity contribution is 5.24. The van der Waals surface area contributed by atoms with Crippen molar-refractivity contribution in [2.24, 2.45) is 11.3 Å². The number of nitrogens with zero attached hydrogens (tertiary/aromatic N) is 1. The third kappa shape index (κ3) is 0.703. The fourth-order valence-electron chi connectivity index (χ4n) is 3.41. The first kappa shape index (κ1) is 7.60. The van der Waals surface area contributed by atoms with Crippen LogP contribution in [0.4, 0.5) is 0 Å². The smallest absolute Gasteiger partial charge is 0.0190 e. The molecule has 1 aliphatic heterocycles. The predicted molar refractivity (Wildman–Crippen MR) is 47.5 cm³/mol. The standard InChI is InChI=1S/C10H19N/c1-5-10-6-8(10)11(4)9(10)7(2)3/h7-9H,5-6H2,1-4H3. The van der Waals surface area contributed by atoms with Gasteiger partial charge in [0.15, 0.2) is 0 Å². The van der Waals surface area contributed by atoms with E-state index >= 15 is 0 Å². The summed E-state index contributed by atoms with van der Waals surface area (Å²) in [5.41, 5.74) is 0.767. The number of likely N-dealkylation sites (tertiary alicyclic amines) is 1. The van der Waals surface area contributed by atoms with Gasteiger partial charge >= 0.3 is 0 Å². The van der Waals surface area contributed by atoms with Gasteiger partial charge in [-0.2, -0.15) is 0 Å². The van der Waals surface area contributed by atoms with Crippen molar-refractivity contribution in [1.29, 1.82) is 0 Å². The molecule has 2 rings (SSSR count). The van der Waals surface area contributed by atoms with Crippen LogP contribution >= 0.6 is 0 Å². The molecular formula is C10H19N. The maximum absolute atomic E-state index is 2.58. The monoisotopic (exact) mass is 153 g/mol. The van der Waals surface area contributed by atoms with Crippen LogP contribution in [0, 0.1) is 11.3 Å². The molecular weight excluding hydrogens is 134 g/mol. The third-order valence-electron chi connectivity index (χ3n) is 3.89. The first-order valence-electron chi connectivity index (χ1n) is 4.85. The number of hydrogen-bond acceptors (Lipinski definition) is 1. The van der Waals surface area contributed by atoms with Crippen LogP contribution in [0.1, 0.15) is 33.6 Å². The first-order valence-corrected chi connectivity index (χ1v) is 4.85. The lowest BCUT2D eigenvalue weighted by Crippen LogP contribution is -2.56. The largest absolute Gasteiger partial charge is 0.299 e. The van der Waals surface area contributed by atoms with Gasteiger partial charge in [0.25, 0.3) is 0 Å². The van der Waals surface area contributed by atoms with E-state index in [0.717, 1.165) is 23.4 Å². The van der Waals surface area contributed by atoms with Gasteiger partial charge in [-0.1, -0.05) is 20.8 Å². The Balaban J connectivity index is 2.09. The Hall–Kier alpha value is -0.0400. The molecule has 64 valence electrons. The topological polar surface area (TPSA) is 3.24 Å². The van der Waals surface area contributed by atoms with Gasteiger partial charge in [0.1, 0.15) is 0 Å². The van der Waals surface area contributed by atoms with Gasteiger partial charge in [0, 0.05) is 17.5 Å². The molecule has 2 fully saturated rings. The van der Waals surface area contributed by atoms with Gasteiger partial charge in [0.05, 0.1) is 0 Å². The second kappa shape index (κ2) is 2.01. The number of hydrogen-bond donors (Lipinski definition) is 0. The fraction of sp³-hybridized carbons (Fsp3) is 1.00. The van der Waals surface area contributed by atoms with Crippen LogP contribution in [0.3, 0.4) is 0 Å². The minimum atomic E-state index is 0.767. The molecule has 1 saturated heterocycles. The third-order valence-corrected chi connectivity index (χ3v) is 3.89. The summed E-state index contributed by atoms with van der Waals surface area (Å²) in [7, 11) is 2.29. The molecule has 1 aliphatic carbocycles. The highest BCUT2D eigenvalue weighted by Crippen LogP contribution is 2.66. The van der Waals surface area contributed by atoms with Gasteiger partial charge < -0.3 is 0 Å². The molecule has 0 aromatic heterocycles. The van der Waals surface area contributed by atoms with Crippen molar-refractivity contribution in [2.45, 2.75) is 45.7 Å². The predicted octanol–water partition coefficient (Wildman–Crippen LogP) is 2.13. The van der Waals surface area contributed by atoms with Crippen LogP contribution in [0.25, 0.3) is 0 Å². The molecule has 0 bridgehead atoms. The van der Waals surface area contributed by atoms with Gasteiger partial charge in [-0.05, 0) is 25.8 Å². The lowest BCUT2D eigenvalue weighted by atomic mass is 9.78. The molecule has 1 heterocycles. The zero-order chi connectivity index (χ0) is 8.22. The summed E-state index contributed by atoms with van der Waals surface area (Å²) in [5.74, 6) is 0.846. The van der Waals surface area contributed by atoms with Crippen molar-refractivity contribution in [1.82, 2.24) is 4.90 Å². The maximum atomic E-state index is 2.58. The zero-order valence-corrected chi connectivity index (χ0v) is 8.09. The highest BCUT2D eigenvalue weighted by atomic mass is 15.3. The second-order valence-electron chi connectivity index (χ2n) is 4.66. The molecule has 0 aromatic carbocycles. The zero-order valence-electron chi connectivity index (χ0n) is 8.09. The number of fused-ring (bicyclic) bond motifs is 1. The van der Waals surface area contributed by atoms with E-state index in [1.165, 1.54) is 12.8 Å². The molecule has 0 N–H and O–H groups in total. The van der Waals surface area contributed by atoms with Crippen LogP contribution in [0.2, 0.25) is 0 Å². The van der Waals surface area contributed by atoms with E-state index in [1.54, 1.807) is 0 Å². The van der Waals surface area contributed by atoms with Crippen molar-refractivity contribution >= 4 is 0 Å². The molecule has 0 radical (unpaired) electrons. The van der Waals surface area contributed by atoms with Gasteiger partial charge in [0.2, 0.25) is 0 Å².